The summed E-state index contributed by atoms with van der Waals surface area (Å²) in [5.41, 5.74) is 0.320. The quantitative estimate of drug-likeness (QED) is 0.443. The Morgan fingerprint density at radius 1 is 1.32 bits per heavy atom. The van der Waals surface area contributed by atoms with Gasteiger partial charge < -0.3 is 20.0 Å². The zero-order chi connectivity index (χ0) is 22.5. The fraction of sp³-hybridized carbons (Fsp3) is 0.474. The smallest absolute Gasteiger partial charge is 0.407 e. The van der Waals surface area contributed by atoms with Crippen LogP contribution in [0.3, 0.4) is 0 Å². The van der Waals surface area contributed by atoms with Crippen molar-refractivity contribution in [2.75, 3.05) is 20.1 Å². The molecular weight excluding hydrogens is 410 g/mol. The first-order valence-corrected chi connectivity index (χ1v) is 9.87. The summed E-state index contributed by atoms with van der Waals surface area (Å²) in [6.07, 6.45) is 1.69. The highest BCUT2D eigenvalue weighted by Crippen LogP contribution is 2.20. The molecule has 3 amide bonds. The lowest BCUT2D eigenvalue weighted by molar-refractivity contribution is -0.384. The molecular formula is C19H23N5O7. The maximum absolute atomic E-state index is 12.3. The van der Waals surface area contributed by atoms with E-state index in [4.69, 9.17) is 4.42 Å². The number of likely N-dealkylation sites (N-methyl/N-ethyl adjacent to an activating group) is 1. The van der Waals surface area contributed by atoms with Crippen molar-refractivity contribution in [1.82, 2.24) is 20.1 Å². The Bertz CT molecular complexity index is 1070. The third-order valence-electron chi connectivity index (χ3n) is 5.21. The molecule has 1 aliphatic rings. The minimum absolute atomic E-state index is 0.0677. The SMILES string of the molecule is CNC(=O)C1CCCN1C(=O)CNC(=O)CCCn1c(=O)oc2cc([N+](=O)[O-])ccc21. The van der Waals surface area contributed by atoms with Gasteiger partial charge in [-0.1, -0.05) is 0 Å². The predicted molar refractivity (Wildman–Crippen MR) is 108 cm³/mol. The van der Waals surface area contributed by atoms with Gasteiger partial charge in [0.1, 0.15) is 6.04 Å². The largest absolute Gasteiger partial charge is 0.419 e. The van der Waals surface area contributed by atoms with Crippen molar-refractivity contribution >= 4 is 34.5 Å². The maximum Gasteiger partial charge on any atom is 0.419 e. The molecule has 0 bridgehead atoms. The van der Waals surface area contributed by atoms with Gasteiger partial charge in [-0.2, -0.15) is 0 Å². The lowest BCUT2D eigenvalue weighted by Crippen LogP contribution is -2.48. The van der Waals surface area contributed by atoms with Gasteiger partial charge >= 0.3 is 5.76 Å². The van der Waals surface area contributed by atoms with Gasteiger partial charge in [0, 0.05) is 32.6 Å². The third kappa shape index (κ3) is 4.90. The molecule has 0 saturated carbocycles. The first kappa shape index (κ1) is 22.0. The Labute approximate surface area is 176 Å². The highest BCUT2D eigenvalue weighted by Gasteiger charge is 2.33. The van der Waals surface area contributed by atoms with E-state index in [1.807, 2.05) is 0 Å². The van der Waals surface area contributed by atoms with Crippen molar-refractivity contribution in [2.24, 2.45) is 0 Å². The van der Waals surface area contributed by atoms with Crippen molar-refractivity contribution in [2.45, 2.75) is 38.3 Å². The first-order chi connectivity index (χ1) is 14.8. The Morgan fingerprint density at radius 2 is 2.10 bits per heavy atom. The number of carbonyl (C=O) groups excluding carboxylic acids is 3. The number of amides is 3. The van der Waals surface area contributed by atoms with E-state index in [-0.39, 0.29) is 48.5 Å². The summed E-state index contributed by atoms with van der Waals surface area (Å²) in [4.78, 5) is 60.0. The van der Waals surface area contributed by atoms with Gasteiger partial charge in [-0.3, -0.25) is 29.1 Å². The van der Waals surface area contributed by atoms with Crippen molar-refractivity contribution in [1.29, 1.82) is 0 Å². The number of nitro groups is 1. The van der Waals surface area contributed by atoms with Crippen LogP contribution in [0.1, 0.15) is 25.7 Å². The van der Waals surface area contributed by atoms with E-state index in [0.717, 1.165) is 6.42 Å². The van der Waals surface area contributed by atoms with E-state index in [2.05, 4.69) is 10.6 Å². The number of hydrogen-bond donors (Lipinski definition) is 2. The zero-order valence-corrected chi connectivity index (χ0v) is 17.0. The van der Waals surface area contributed by atoms with Crippen LogP contribution in [0.5, 0.6) is 0 Å². The summed E-state index contributed by atoms with van der Waals surface area (Å²) in [7, 11) is 1.51. The molecule has 3 rings (SSSR count). The van der Waals surface area contributed by atoms with Gasteiger partial charge in [-0.05, 0) is 25.3 Å². The summed E-state index contributed by atoms with van der Waals surface area (Å²) in [6, 6.07) is 3.37. The van der Waals surface area contributed by atoms with Gasteiger partial charge in [0.2, 0.25) is 17.7 Å². The van der Waals surface area contributed by atoms with Crippen LogP contribution in [-0.2, 0) is 20.9 Å². The fourth-order valence-corrected chi connectivity index (χ4v) is 3.65. The van der Waals surface area contributed by atoms with Crippen LogP contribution in [0.2, 0.25) is 0 Å². The Hall–Kier alpha value is -3.70. The lowest BCUT2D eigenvalue weighted by Gasteiger charge is -2.23. The van der Waals surface area contributed by atoms with Crippen LogP contribution in [-0.4, -0.2) is 58.3 Å². The Morgan fingerprint density at radius 3 is 2.81 bits per heavy atom. The van der Waals surface area contributed by atoms with Gasteiger partial charge in [-0.15, -0.1) is 0 Å². The molecule has 1 aliphatic heterocycles. The predicted octanol–water partition coefficient (Wildman–Crippen LogP) is 0.136. The average molecular weight is 433 g/mol. The fourth-order valence-electron chi connectivity index (χ4n) is 3.65. The number of hydrogen-bond acceptors (Lipinski definition) is 7. The highest BCUT2D eigenvalue weighted by atomic mass is 16.6. The molecule has 1 atom stereocenters. The molecule has 1 unspecified atom stereocenters. The number of nitro benzene ring substituents is 1. The Balaban J connectivity index is 1.50. The second-order valence-corrected chi connectivity index (χ2v) is 7.17. The van der Waals surface area contributed by atoms with Crippen LogP contribution in [0.25, 0.3) is 11.1 Å². The molecule has 12 nitrogen and oxygen atoms in total. The second kappa shape index (κ2) is 9.41. The van der Waals surface area contributed by atoms with Crippen molar-refractivity contribution in [3.05, 3.63) is 38.9 Å². The van der Waals surface area contributed by atoms with Crippen LogP contribution in [0.15, 0.2) is 27.4 Å². The number of rotatable bonds is 8. The standard InChI is InChI=1S/C19H23N5O7/c1-20-18(27)14-4-2-8-22(14)17(26)11-21-16(25)5-3-9-23-13-7-6-12(24(29)30)10-15(13)31-19(23)28/h6-7,10,14H,2-5,8-9,11H2,1H3,(H,20,27)(H,21,25). The van der Waals surface area contributed by atoms with Crippen LogP contribution in [0.4, 0.5) is 5.69 Å². The maximum atomic E-state index is 12.3. The van der Waals surface area contributed by atoms with E-state index in [9.17, 15) is 29.3 Å². The minimum Gasteiger partial charge on any atom is -0.407 e. The number of nitrogens with zero attached hydrogens (tertiary/aromatic N) is 3. The molecule has 2 aromatic rings. The van der Waals surface area contributed by atoms with Crippen LogP contribution in [0, 0.1) is 10.1 Å². The molecule has 12 heteroatoms. The molecule has 0 spiro atoms. The van der Waals surface area contributed by atoms with Crippen LogP contribution < -0.4 is 16.4 Å². The number of nitrogens with one attached hydrogen (secondary N) is 2. The number of fused-ring (bicyclic) bond motifs is 1. The van der Waals surface area contributed by atoms with Crippen molar-refractivity contribution < 1.29 is 23.7 Å². The molecule has 0 aliphatic carbocycles. The van der Waals surface area contributed by atoms with Gasteiger partial charge in [0.05, 0.1) is 23.1 Å². The Kier molecular flexibility index (Phi) is 6.68. The molecule has 1 saturated heterocycles. The molecule has 1 aromatic heterocycles. The topological polar surface area (TPSA) is 157 Å². The highest BCUT2D eigenvalue weighted by molar-refractivity contribution is 5.90. The number of non-ortho nitro benzene ring substituents is 1. The monoisotopic (exact) mass is 433 g/mol. The molecule has 2 N–H and O–H groups in total. The molecule has 166 valence electrons. The number of aryl methyl sites for hydroxylation is 1. The summed E-state index contributed by atoms with van der Waals surface area (Å²) in [5.74, 6) is -1.57. The summed E-state index contributed by atoms with van der Waals surface area (Å²) in [5, 5.41) is 15.9. The average Bonchev–Trinajstić information content (AvgIpc) is 3.35. The lowest BCUT2D eigenvalue weighted by atomic mass is 10.2. The number of benzene rings is 1. The van der Waals surface area contributed by atoms with Crippen LogP contribution >= 0.6 is 0 Å². The minimum atomic E-state index is -0.666. The van der Waals surface area contributed by atoms with Gasteiger partial charge in [-0.25, -0.2) is 4.79 Å². The molecule has 0 radical (unpaired) electrons. The summed E-state index contributed by atoms with van der Waals surface area (Å²) in [6.45, 7) is 0.446. The van der Waals surface area contributed by atoms with E-state index < -0.39 is 16.7 Å². The summed E-state index contributed by atoms with van der Waals surface area (Å²) < 4.78 is 6.34. The summed E-state index contributed by atoms with van der Waals surface area (Å²) >= 11 is 0. The molecule has 1 aromatic carbocycles. The van der Waals surface area contributed by atoms with E-state index >= 15 is 0 Å². The van der Waals surface area contributed by atoms with E-state index in [1.54, 1.807) is 0 Å². The molecule has 2 heterocycles. The zero-order valence-electron chi connectivity index (χ0n) is 17.0. The van der Waals surface area contributed by atoms with Gasteiger partial charge in [0.25, 0.3) is 5.69 Å². The molecule has 1 fully saturated rings. The van der Waals surface area contributed by atoms with Crippen molar-refractivity contribution in [3.63, 3.8) is 0 Å². The second-order valence-electron chi connectivity index (χ2n) is 7.17. The first-order valence-electron chi connectivity index (χ1n) is 9.87. The number of carbonyl (C=O) groups is 3. The number of likely N-dealkylation sites (tertiary alicyclic amines) is 1. The van der Waals surface area contributed by atoms with E-state index in [0.29, 0.717) is 24.9 Å². The van der Waals surface area contributed by atoms with Crippen molar-refractivity contribution in [3.8, 4) is 0 Å². The number of oxazole rings is 1. The third-order valence-corrected chi connectivity index (χ3v) is 5.21. The normalized spacial score (nSPS) is 15.8. The number of aromatic nitrogens is 1. The van der Waals surface area contributed by atoms with Gasteiger partial charge in [0.15, 0.2) is 5.58 Å². The molecule has 31 heavy (non-hydrogen) atoms. The van der Waals surface area contributed by atoms with E-state index in [1.165, 1.54) is 34.7 Å².